The smallest absolute Gasteiger partial charge is 0.244 e. The second-order valence-corrected chi connectivity index (χ2v) is 8.54. The Balaban J connectivity index is 2.27. The summed E-state index contributed by atoms with van der Waals surface area (Å²) in [4.78, 5) is 13.0. The number of sulfonamides is 1. The Kier molecular flexibility index (Phi) is 7.50. The molecule has 2 atom stereocenters. The maximum absolute atomic E-state index is 13.0. The molecule has 8 heteroatoms. The number of benzene rings is 2. The molecule has 0 heterocycles. The van der Waals surface area contributed by atoms with Gasteiger partial charge in [-0.15, -0.1) is 0 Å². The lowest BCUT2D eigenvalue weighted by molar-refractivity contribution is -0.122. The predicted molar refractivity (Wildman–Crippen MR) is 114 cm³/mol. The molecule has 0 fully saturated rings. The van der Waals surface area contributed by atoms with Crippen LogP contribution in [0.2, 0.25) is 0 Å². The summed E-state index contributed by atoms with van der Waals surface area (Å²) in [6, 6.07) is 12.9. The Bertz CT molecular complexity index is 928. The third kappa shape index (κ3) is 5.63. The SMILES string of the molecule is CC[C@H](NC(=O)[C@H](C)N(c1cccc(OC)c1)S(C)(=O)=O)c1ccc(OC)cc1. The Morgan fingerprint density at radius 2 is 1.69 bits per heavy atom. The van der Waals surface area contributed by atoms with E-state index in [-0.39, 0.29) is 11.9 Å². The fraction of sp³-hybridized carbons (Fsp3) is 0.381. The van der Waals surface area contributed by atoms with E-state index in [4.69, 9.17) is 9.47 Å². The van der Waals surface area contributed by atoms with E-state index in [1.807, 2.05) is 31.2 Å². The van der Waals surface area contributed by atoms with E-state index in [0.717, 1.165) is 21.9 Å². The first-order valence-corrected chi connectivity index (χ1v) is 11.1. The van der Waals surface area contributed by atoms with Crippen molar-refractivity contribution in [3.05, 3.63) is 54.1 Å². The van der Waals surface area contributed by atoms with E-state index in [2.05, 4.69) is 5.32 Å². The van der Waals surface area contributed by atoms with Crippen molar-refractivity contribution in [1.82, 2.24) is 5.32 Å². The number of ether oxygens (including phenoxy) is 2. The second kappa shape index (κ2) is 9.65. The highest BCUT2D eigenvalue weighted by atomic mass is 32.2. The molecule has 0 radical (unpaired) electrons. The van der Waals surface area contributed by atoms with Crippen molar-refractivity contribution < 1.29 is 22.7 Å². The molecule has 0 spiro atoms. The number of methoxy groups -OCH3 is 2. The minimum atomic E-state index is -3.70. The summed E-state index contributed by atoms with van der Waals surface area (Å²) < 4.78 is 36.4. The fourth-order valence-electron chi connectivity index (χ4n) is 3.11. The summed E-state index contributed by atoms with van der Waals surface area (Å²) in [5, 5.41) is 2.95. The van der Waals surface area contributed by atoms with Crippen molar-refractivity contribution in [1.29, 1.82) is 0 Å². The van der Waals surface area contributed by atoms with Crippen molar-refractivity contribution in [3.8, 4) is 11.5 Å². The molecular formula is C21H28N2O5S. The molecule has 0 unspecified atom stereocenters. The van der Waals surface area contributed by atoms with E-state index in [1.54, 1.807) is 38.3 Å². The number of nitrogens with one attached hydrogen (secondary N) is 1. The number of nitrogens with zero attached hydrogens (tertiary/aromatic N) is 1. The molecule has 1 amide bonds. The largest absolute Gasteiger partial charge is 0.497 e. The maximum Gasteiger partial charge on any atom is 0.244 e. The lowest BCUT2D eigenvalue weighted by atomic mass is 10.0. The van der Waals surface area contributed by atoms with Gasteiger partial charge in [0.05, 0.1) is 32.2 Å². The lowest BCUT2D eigenvalue weighted by Crippen LogP contribution is -2.48. The van der Waals surface area contributed by atoms with Crippen LogP contribution in [0.25, 0.3) is 0 Å². The number of carbonyl (C=O) groups excluding carboxylic acids is 1. The molecule has 0 bridgehead atoms. The van der Waals surface area contributed by atoms with Gasteiger partial charge in [-0.05, 0) is 43.2 Å². The zero-order valence-corrected chi connectivity index (χ0v) is 18.2. The van der Waals surface area contributed by atoms with Crippen LogP contribution in [0.3, 0.4) is 0 Å². The second-order valence-electron chi connectivity index (χ2n) is 6.68. The monoisotopic (exact) mass is 420 g/mol. The molecule has 158 valence electrons. The molecule has 1 N–H and O–H groups in total. The molecule has 0 aliphatic carbocycles. The van der Waals surface area contributed by atoms with Crippen LogP contribution in [0.1, 0.15) is 31.9 Å². The molecule has 29 heavy (non-hydrogen) atoms. The van der Waals surface area contributed by atoms with E-state index in [1.165, 1.54) is 7.11 Å². The van der Waals surface area contributed by atoms with Crippen LogP contribution in [-0.4, -0.2) is 40.8 Å². The minimum Gasteiger partial charge on any atom is -0.497 e. The van der Waals surface area contributed by atoms with E-state index in [0.29, 0.717) is 17.9 Å². The van der Waals surface area contributed by atoms with Crippen LogP contribution in [0, 0.1) is 0 Å². The quantitative estimate of drug-likeness (QED) is 0.674. The van der Waals surface area contributed by atoms with Crippen molar-refractivity contribution >= 4 is 21.6 Å². The summed E-state index contributed by atoms with van der Waals surface area (Å²) >= 11 is 0. The van der Waals surface area contributed by atoms with Crippen LogP contribution in [0.4, 0.5) is 5.69 Å². The fourth-order valence-corrected chi connectivity index (χ4v) is 4.27. The van der Waals surface area contributed by atoms with Crippen LogP contribution in [0.5, 0.6) is 11.5 Å². The first-order valence-electron chi connectivity index (χ1n) is 9.29. The molecule has 2 rings (SSSR count). The molecular weight excluding hydrogens is 392 g/mol. The molecule has 0 aliphatic heterocycles. The van der Waals surface area contributed by atoms with E-state index in [9.17, 15) is 13.2 Å². The molecule has 0 saturated carbocycles. The number of carbonyl (C=O) groups is 1. The van der Waals surface area contributed by atoms with Gasteiger partial charge in [-0.3, -0.25) is 9.10 Å². The average Bonchev–Trinajstić information content (AvgIpc) is 2.71. The predicted octanol–water partition coefficient (Wildman–Crippen LogP) is 3.13. The summed E-state index contributed by atoms with van der Waals surface area (Å²) in [6.45, 7) is 3.52. The van der Waals surface area contributed by atoms with Crippen LogP contribution >= 0.6 is 0 Å². The lowest BCUT2D eigenvalue weighted by Gasteiger charge is -2.30. The van der Waals surface area contributed by atoms with Gasteiger partial charge in [-0.1, -0.05) is 25.1 Å². The number of anilines is 1. The van der Waals surface area contributed by atoms with Crippen molar-refractivity contribution in [3.63, 3.8) is 0 Å². The van der Waals surface area contributed by atoms with Gasteiger partial charge in [-0.25, -0.2) is 8.42 Å². The zero-order chi connectivity index (χ0) is 21.6. The van der Waals surface area contributed by atoms with Gasteiger partial charge in [0, 0.05) is 6.07 Å². The third-order valence-electron chi connectivity index (χ3n) is 4.64. The average molecular weight is 421 g/mol. The van der Waals surface area contributed by atoms with Gasteiger partial charge in [0.15, 0.2) is 0 Å². The standard InChI is InChI=1S/C21H28N2O5S/c1-6-20(16-10-12-18(27-3)13-11-16)22-21(24)15(2)23(29(5,25)26)17-8-7-9-19(14-17)28-4/h7-15,20H,6H2,1-5H3,(H,22,24)/t15-,20-/m0/s1. The molecule has 0 saturated heterocycles. The Morgan fingerprint density at radius 3 is 2.21 bits per heavy atom. The van der Waals surface area contributed by atoms with Gasteiger partial charge in [0.1, 0.15) is 17.5 Å². The first kappa shape index (κ1) is 22.5. The van der Waals surface area contributed by atoms with Crippen LogP contribution in [0.15, 0.2) is 48.5 Å². The Labute approximate surface area is 172 Å². The molecule has 0 aliphatic rings. The number of rotatable bonds is 9. The zero-order valence-electron chi connectivity index (χ0n) is 17.4. The van der Waals surface area contributed by atoms with E-state index >= 15 is 0 Å². The van der Waals surface area contributed by atoms with Crippen LogP contribution in [-0.2, 0) is 14.8 Å². The number of amides is 1. The van der Waals surface area contributed by atoms with Crippen molar-refractivity contribution in [2.75, 3.05) is 24.8 Å². The first-order chi connectivity index (χ1) is 13.7. The van der Waals surface area contributed by atoms with E-state index < -0.39 is 16.1 Å². The van der Waals surface area contributed by atoms with Gasteiger partial charge < -0.3 is 14.8 Å². The van der Waals surface area contributed by atoms with Crippen molar-refractivity contribution in [2.24, 2.45) is 0 Å². The van der Waals surface area contributed by atoms with Crippen molar-refractivity contribution in [2.45, 2.75) is 32.4 Å². The number of hydrogen-bond donors (Lipinski definition) is 1. The minimum absolute atomic E-state index is 0.248. The molecule has 7 nitrogen and oxygen atoms in total. The highest BCUT2D eigenvalue weighted by molar-refractivity contribution is 7.92. The summed E-state index contributed by atoms with van der Waals surface area (Å²) in [6.07, 6.45) is 1.74. The third-order valence-corrected chi connectivity index (χ3v) is 5.88. The van der Waals surface area contributed by atoms with Gasteiger partial charge in [-0.2, -0.15) is 0 Å². The van der Waals surface area contributed by atoms with Gasteiger partial charge >= 0.3 is 0 Å². The molecule has 0 aromatic heterocycles. The highest BCUT2D eigenvalue weighted by Gasteiger charge is 2.30. The highest BCUT2D eigenvalue weighted by Crippen LogP contribution is 2.26. The van der Waals surface area contributed by atoms with Gasteiger partial charge in [0.2, 0.25) is 15.9 Å². The summed E-state index contributed by atoms with van der Waals surface area (Å²) in [5.41, 5.74) is 1.29. The summed E-state index contributed by atoms with van der Waals surface area (Å²) in [5.74, 6) is 0.846. The Morgan fingerprint density at radius 1 is 1.07 bits per heavy atom. The topological polar surface area (TPSA) is 84.9 Å². The van der Waals surface area contributed by atoms with Crippen LogP contribution < -0.4 is 19.1 Å². The Hall–Kier alpha value is -2.74. The molecule has 2 aromatic carbocycles. The summed E-state index contributed by atoms with van der Waals surface area (Å²) in [7, 11) is -0.611. The normalized spacial score (nSPS) is 13.3. The van der Waals surface area contributed by atoms with Gasteiger partial charge in [0.25, 0.3) is 0 Å². The number of hydrogen-bond acceptors (Lipinski definition) is 5. The molecule has 2 aromatic rings. The maximum atomic E-state index is 13.0.